The molecule has 192 valence electrons. The van der Waals surface area contributed by atoms with Gasteiger partial charge in [-0.1, -0.05) is 30.3 Å². The standard InChI is InChI=1S/C28H29N3O6/c1-3-37-28(35)22-16-31-27(34)25(26(22)33)21(17-8-10-19(36-2)11-9-17)14-24(32)29-13-12-18-15-30-23-7-5-4-6-20(18)23/h4-11,15-16,21,30H,3,12-14H2,1-2H3,(H,29,32)(H2,31,33,34)/t21-/m0/s1. The topological polar surface area (TPSA) is 134 Å². The number of esters is 1. The van der Waals surface area contributed by atoms with Crippen LogP contribution < -0.4 is 15.6 Å². The summed E-state index contributed by atoms with van der Waals surface area (Å²) in [5, 5.41) is 14.9. The number of ether oxygens (including phenoxy) is 2. The van der Waals surface area contributed by atoms with E-state index >= 15 is 0 Å². The van der Waals surface area contributed by atoms with Gasteiger partial charge in [-0.05, 0) is 42.7 Å². The molecular formula is C28H29N3O6. The van der Waals surface area contributed by atoms with Gasteiger partial charge in [0.1, 0.15) is 17.1 Å². The minimum Gasteiger partial charge on any atom is -0.506 e. The third-order valence-corrected chi connectivity index (χ3v) is 6.25. The Kier molecular flexibility index (Phi) is 7.92. The Hall–Kier alpha value is -4.53. The minimum atomic E-state index is -0.822. The zero-order chi connectivity index (χ0) is 26.4. The van der Waals surface area contributed by atoms with Gasteiger partial charge in [-0.3, -0.25) is 9.59 Å². The zero-order valence-electron chi connectivity index (χ0n) is 20.7. The fourth-order valence-electron chi connectivity index (χ4n) is 4.38. The molecule has 0 spiro atoms. The summed E-state index contributed by atoms with van der Waals surface area (Å²) < 4.78 is 10.2. The van der Waals surface area contributed by atoms with E-state index in [1.165, 1.54) is 7.11 Å². The maximum Gasteiger partial charge on any atom is 0.343 e. The summed E-state index contributed by atoms with van der Waals surface area (Å²) in [5.74, 6) is -1.80. The first-order valence-electron chi connectivity index (χ1n) is 12.0. The molecular weight excluding hydrogens is 474 g/mol. The third-order valence-electron chi connectivity index (χ3n) is 6.25. The number of aromatic hydroxyl groups is 1. The van der Waals surface area contributed by atoms with E-state index in [1.807, 2.05) is 30.5 Å². The van der Waals surface area contributed by atoms with E-state index in [4.69, 9.17) is 9.47 Å². The Morgan fingerprint density at radius 1 is 1.05 bits per heavy atom. The second-order valence-corrected chi connectivity index (χ2v) is 8.50. The van der Waals surface area contributed by atoms with Gasteiger partial charge >= 0.3 is 5.97 Å². The van der Waals surface area contributed by atoms with Crippen molar-refractivity contribution in [2.24, 2.45) is 0 Å². The van der Waals surface area contributed by atoms with Crippen LogP contribution in [0.1, 0.15) is 46.3 Å². The van der Waals surface area contributed by atoms with Gasteiger partial charge in [0, 0.05) is 42.2 Å². The predicted molar refractivity (Wildman–Crippen MR) is 139 cm³/mol. The first-order chi connectivity index (χ1) is 17.9. The van der Waals surface area contributed by atoms with Crippen molar-refractivity contribution in [2.75, 3.05) is 20.3 Å². The number of fused-ring (bicyclic) bond motifs is 1. The molecule has 4 rings (SSSR count). The number of hydrogen-bond acceptors (Lipinski definition) is 6. The fraction of sp³-hybridized carbons (Fsp3) is 0.250. The SMILES string of the molecule is CCOC(=O)c1c[nH]c(=O)c([C@@H](CC(=O)NCCc2c[nH]c3ccccc23)c2ccc(OC)cc2)c1O. The summed E-state index contributed by atoms with van der Waals surface area (Å²) in [5.41, 5.74) is 1.86. The lowest BCUT2D eigenvalue weighted by molar-refractivity contribution is -0.121. The number of amides is 1. The largest absolute Gasteiger partial charge is 0.506 e. The smallest absolute Gasteiger partial charge is 0.343 e. The van der Waals surface area contributed by atoms with Crippen LogP contribution in [0.5, 0.6) is 11.5 Å². The van der Waals surface area contributed by atoms with Crippen molar-refractivity contribution < 1.29 is 24.2 Å². The molecule has 0 aliphatic heterocycles. The molecule has 9 nitrogen and oxygen atoms in total. The Bertz CT molecular complexity index is 1460. The molecule has 9 heteroatoms. The second kappa shape index (κ2) is 11.5. The summed E-state index contributed by atoms with van der Waals surface area (Å²) >= 11 is 0. The number of aromatic nitrogens is 2. The van der Waals surface area contributed by atoms with E-state index < -0.39 is 23.2 Å². The zero-order valence-corrected chi connectivity index (χ0v) is 20.7. The van der Waals surface area contributed by atoms with Crippen LogP contribution in [0.4, 0.5) is 0 Å². The lowest BCUT2D eigenvalue weighted by Gasteiger charge is -2.19. The van der Waals surface area contributed by atoms with Crippen LogP contribution in [-0.4, -0.2) is 47.2 Å². The molecule has 0 unspecified atom stereocenters. The molecule has 0 radical (unpaired) electrons. The number of hydrogen-bond donors (Lipinski definition) is 4. The number of rotatable bonds is 10. The summed E-state index contributed by atoms with van der Waals surface area (Å²) in [4.78, 5) is 43.9. The highest BCUT2D eigenvalue weighted by atomic mass is 16.5. The number of aromatic amines is 2. The molecule has 0 bridgehead atoms. The van der Waals surface area contributed by atoms with Crippen LogP contribution in [0.15, 0.2) is 65.7 Å². The van der Waals surface area contributed by atoms with Crippen molar-refractivity contribution >= 4 is 22.8 Å². The number of carbonyl (C=O) groups excluding carboxylic acids is 2. The first-order valence-corrected chi connectivity index (χ1v) is 12.0. The van der Waals surface area contributed by atoms with E-state index in [2.05, 4.69) is 15.3 Å². The van der Waals surface area contributed by atoms with Crippen molar-refractivity contribution in [3.05, 3.63) is 93.5 Å². The Balaban J connectivity index is 1.58. The van der Waals surface area contributed by atoms with E-state index in [9.17, 15) is 19.5 Å². The molecule has 2 heterocycles. The second-order valence-electron chi connectivity index (χ2n) is 8.50. The number of para-hydroxylation sites is 1. The molecule has 4 N–H and O–H groups in total. The number of benzene rings is 2. The number of nitrogens with one attached hydrogen (secondary N) is 3. The van der Waals surface area contributed by atoms with E-state index in [0.717, 1.165) is 22.7 Å². The monoisotopic (exact) mass is 503 g/mol. The normalized spacial score (nSPS) is 11.7. The first kappa shape index (κ1) is 25.6. The van der Waals surface area contributed by atoms with Gasteiger partial charge in [0.25, 0.3) is 5.56 Å². The van der Waals surface area contributed by atoms with Crippen LogP contribution in [0.2, 0.25) is 0 Å². The molecule has 0 aliphatic rings. The van der Waals surface area contributed by atoms with Crippen molar-refractivity contribution in [1.82, 2.24) is 15.3 Å². The molecule has 0 saturated heterocycles. The van der Waals surface area contributed by atoms with Gasteiger partial charge in [-0.15, -0.1) is 0 Å². The van der Waals surface area contributed by atoms with E-state index in [1.54, 1.807) is 31.2 Å². The predicted octanol–water partition coefficient (Wildman–Crippen LogP) is 3.63. The number of methoxy groups -OCH3 is 1. The van der Waals surface area contributed by atoms with Crippen molar-refractivity contribution in [1.29, 1.82) is 0 Å². The van der Waals surface area contributed by atoms with Crippen LogP contribution in [0, 0.1) is 0 Å². The van der Waals surface area contributed by atoms with Crippen LogP contribution >= 0.6 is 0 Å². The van der Waals surface area contributed by atoms with Gasteiger partial charge in [-0.2, -0.15) is 0 Å². The number of carbonyl (C=O) groups is 2. The van der Waals surface area contributed by atoms with Gasteiger partial charge in [0.15, 0.2) is 0 Å². The maximum atomic E-state index is 13.0. The van der Waals surface area contributed by atoms with Crippen molar-refractivity contribution in [2.45, 2.75) is 25.7 Å². The molecule has 4 aromatic rings. The summed E-state index contributed by atoms with van der Waals surface area (Å²) in [7, 11) is 1.53. The van der Waals surface area contributed by atoms with Gasteiger partial charge in [0.2, 0.25) is 5.91 Å². The third kappa shape index (κ3) is 5.66. The molecule has 2 aromatic carbocycles. The van der Waals surface area contributed by atoms with Crippen LogP contribution in [-0.2, 0) is 16.0 Å². The Labute approximate surface area is 213 Å². The molecule has 0 aliphatic carbocycles. The number of H-pyrrole nitrogens is 2. The molecule has 1 atom stereocenters. The summed E-state index contributed by atoms with van der Waals surface area (Å²) in [6.07, 6.45) is 3.54. The molecule has 0 fully saturated rings. The maximum absolute atomic E-state index is 13.0. The minimum absolute atomic E-state index is 0.0810. The van der Waals surface area contributed by atoms with Gasteiger partial charge in [0.05, 0.1) is 19.3 Å². The molecule has 2 aromatic heterocycles. The van der Waals surface area contributed by atoms with E-state index in [-0.39, 0.29) is 30.1 Å². The van der Waals surface area contributed by atoms with E-state index in [0.29, 0.717) is 24.3 Å². The molecule has 0 saturated carbocycles. The average molecular weight is 504 g/mol. The van der Waals surface area contributed by atoms with Crippen LogP contribution in [0.3, 0.4) is 0 Å². The van der Waals surface area contributed by atoms with Gasteiger partial charge < -0.3 is 29.9 Å². The summed E-state index contributed by atoms with van der Waals surface area (Å²) in [6.45, 7) is 2.14. The fourth-order valence-corrected chi connectivity index (χ4v) is 4.38. The highest BCUT2D eigenvalue weighted by molar-refractivity contribution is 5.92. The average Bonchev–Trinajstić information content (AvgIpc) is 3.31. The number of pyridine rings is 1. The van der Waals surface area contributed by atoms with Crippen molar-refractivity contribution in [3.8, 4) is 11.5 Å². The molecule has 37 heavy (non-hydrogen) atoms. The Morgan fingerprint density at radius 2 is 1.81 bits per heavy atom. The summed E-state index contributed by atoms with van der Waals surface area (Å²) in [6, 6.07) is 14.8. The Morgan fingerprint density at radius 3 is 2.54 bits per heavy atom. The lowest BCUT2D eigenvalue weighted by Crippen LogP contribution is -2.29. The molecule has 1 amide bonds. The van der Waals surface area contributed by atoms with Crippen molar-refractivity contribution in [3.63, 3.8) is 0 Å². The lowest BCUT2D eigenvalue weighted by atomic mass is 9.87. The quantitative estimate of drug-likeness (QED) is 0.244. The highest BCUT2D eigenvalue weighted by Crippen LogP contribution is 2.34. The highest BCUT2D eigenvalue weighted by Gasteiger charge is 2.28. The van der Waals surface area contributed by atoms with Crippen LogP contribution in [0.25, 0.3) is 10.9 Å². The van der Waals surface area contributed by atoms with Gasteiger partial charge in [-0.25, -0.2) is 4.79 Å².